The van der Waals surface area contributed by atoms with Crippen LogP contribution in [0.3, 0.4) is 0 Å². The smallest absolute Gasteiger partial charge is 0.253 e. The van der Waals surface area contributed by atoms with Crippen LogP contribution in [0.5, 0.6) is 0 Å². The molecule has 0 saturated carbocycles. The fraction of sp³-hybridized carbons (Fsp3) is 0.545. The standard InChI is InChI=1S/C11H16N2O4/c1-8(2)12-9(14)7-17-6-5-13-10(15)3-4-11(13)16/h3-4,8H,5-7H2,1-2H3,(H,12,14). The second kappa shape index (κ2) is 6.15. The van der Waals surface area contributed by atoms with E-state index in [0.717, 1.165) is 4.90 Å². The highest BCUT2D eigenvalue weighted by molar-refractivity contribution is 6.12. The number of hydrogen-bond donors (Lipinski definition) is 1. The number of ether oxygens (including phenoxy) is 1. The summed E-state index contributed by atoms with van der Waals surface area (Å²) in [6.07, 6.45) is 2.43. The Morgan fingerprint density at radius 2 is 1.94 bits per heavy atom. The summed E-state index contributed by atoms with van der Waals surface area (Å²) in [4.78, 5) is 34.5. The summed E-state index contributed by atoms with van der Waals surface area (Å²) >= 11 is 0. The van der Waals surface area contributed by atoms with Gasteiger partial charge in [-0.3, -0.25) is 19.3 Å². The van der Waals surface area contributed by atoms with Crippen LogP contribution in [-0.2, 0) is 19.1 Å². The average molecular weight is 240 g/mol. The number of hydrogen-bond acceptors (Lipinski definition) is 4. The van der Waals surface area contributed by atoms with E-state index < -0.39 is 0 Å². The fourth-order valence-electron chi connectivity index (χ4n) is 1.34. The maximum absolute atomic E-state index is 11.2. The molecule has 1 aliphatic heterocycles. The van der Waals surface area contributed by atoms with Gasteiger partial charge in [0.25, 0.3) is 11.8 Å². The lowest BCUT2D eigenvalue weighted by atomic mass is 10.4. The molecule has 6 nitrogen and oxygen atoms in total. The van der Waals surface area contributed by atoms with Gasteiger partial charge in [0, 0.05) is 18.2 Å². The first-order valence-corrected chi connectivity index (χ1v) is 5.41. The minimum atomic E-state index is -0.342. The van der Waals surface area contributed by atoms with E-state index in [1.807, 2.05) is 13.8 Å². The quantitative estimate of drug-likeness (QED) is 0.499. The van der Waals surface area contributed by atoms with Gasteiger partial charge in [-0.1, -0.05) is 0 Å². The van der Waals surface area contributed by atoms with Gasteiger partial charge in [-0.05, 0) is 13.8 Å². The first kappa shape index (κ1) is 13.4. The van der Waals surface area contributed by atoms with Gasteiger partial charge in [-0.25, -0.2) is 0 Å². The summed E-state index contributed by atoms with van der Waals surface area (Å²) in [5.41, 5.74) is 0. The Balaban J connectivity index is 2.14. The molecule has 0 aromatic carbocycles. The molecule has 0 aromatic rings. The Morgan fingerprint density at radius 1 is 1.35 bits per heavy atom. The lowest BCUT2D eigenvalue weighted by Gasteiger charge is -2.13. The first-order chi connectivity index (χ1) is 8.00. The molecule has 6 heteroatoms. The van der Waals surface area contributed by atoms with Crippen molar-refractivity contribution in [3.63, 3.8) is 0 Å². The van der Waals surface area contributed by atoms with Crippen molar-refractivity contribution in [2.75, 3.05) is 19.8 Å². The fourth-order valence-corrected chi connectivity index (χ4v) is 1.34. The SMILES string of the molecule is CC(C)NC(=O)COCCN1C(=O)C=CC1=O. The molecule has 1 aliphatic rings. The summed E-state index contributed by atoms with van der Waals surface area (Å²) in [6.45, 7) is 3.96. The maximum atomic E-state index is 11.2. The molecule has 1 N–H and O–H groups in total. The third-order valence-corrected chi connectivity index (χ3v) is 2.04. The van der Waals surface area contributed by atoms with Gasteiger partial charge in [0.1, 0.15) is 6.61 Å². The summed E-state index contributed by atoms with van der Waals surface area (Å²) in [5.74, 6) is -0.896. The van der Waals surface area contributed by atoms with Gasteiger partial charge >= 0.3 is 0 Å². The Kier molecular flexibility index (Phi) is 4.84. The van der Waals surface area contributed by atoms with Gasteiger partial charge in [0.05, 0.1) is 13.2 Å². The van der Waals surface area contributed by atoms with Crippen LogP contribution in [0.2, 0.25) is 0 Å². The second-order valence-corrected chi connectivity index (χ2v) is 3.94. The van der Waals surface area contributed by atoms with Crippen LogP contribution in [0.15, 0.2) is 12.2 Å². The third kappa shape index (κ3) is 4.36. The van der Waals surface area contributed by atoms with Gasteiger partial charge in [-0.15, -0.1) is 0 Å². The number of nitrogens with zero attached hydrogens (tertiary/aromatic N) is 1. The van der Waals surface area contributed by atoms with E-state index in [9.17, 15) is 14.4 Å². The molecule has 0 fully saturated rings. The molecule has 0 saturated heterocycles. The van der Waals surface area contributed by atoms with Crippen molar-refractivity contribution in [2.24, 2.45) is 0 Å². The highest BCUT2D eigenvalue weighted by Gasteiger charge is 2.22. The molecule has 0 bridgehead atoms. The molecule has 0 unspecified atom stereocenters. The van der Waals surface area contributed by atoms with E-state index in [2.05, 4.69) is 5.32 Å². The van der Waals surface area contributed by atoms with Crippen molar-refractivity contribution < 1.29 is 19.1 Å². The van der Waals surface area contributed by atoms with E-state index >= 15 is 0 Å². The van der Waals surface area contributed by atoms with Crippen LogP contribution in [0, 0.1) is 0 Å². The largest absolute Gasteiger partial charge is 0.370 e. The second-order valence-electron chi connectivity index (χ2n) is 3.94. The van der Waals surface area contributed by atoms with Crippen LogP contribution in [0.25, 0.3) is 0 Å². The predicted octanol–water partition coefficient (Wildman–Crippen LogP) is -0.547. The van der Waals surface area contributed by atoms with Crippen LogP contribution < -0.4 is 5.32 Å². The molecule has 0 radical (unpaired) electrons. The van der Waals surface area contributed by atoms with Gasteiger partial charge in [-0.2, -0.15) is 0 Å². The monoisotopic (exact) mass is 240 g/mol. The Morgan fingerprint density at radius 3 is 2.47 bits per heavy atom. The number of nitrogens with one attached hydrogen (secondary N) is 1. The number of rotatable bonds is 6. The molecular weight excluding hydrogens is 224 g/mol. The van der Waals surface area contributed by atoms with Crippen molar-refractivity contribution in [2.45, 2.75) is 19.9 Å². The molecular formula is C11H16N2O4. The first-order valence-electron chi connectivity index (χ1n) is 5.41. The van der Waals surface area contributed by atoms with Crippen molar-refractivity contribution >= 4 is 17.7 Å². The molecule has 1 rings (SSSR count). The molecule has 0 aliphatic carbocycles. The maximum Gasteiger partial charge on any atom is 0.253 e. The van der Waals surface area contributed by atoms with Gasteiger partial charge < -0.3 is 10.1 Å². The lowest BCUT2D eigenvalue weighted by Crippen LogP contribution is -2.36. The number of carbonyl (C=O) groups is 3. The number of imide groups is 1. The Labute approximate surface area is 99.6 Å². The minimum Gasteiger partial charge on any atom is -0.370 e. The summed E-state index contributed by atoms with van der Waals surface area (Å²) in [7, 11) is 0. The highest BCUT2D eigenvalue weighted by Crippen LogP contribution is 2.02. The Hall–Kier alpha value is -1.69. The number of carbonyl (C=O) groups excluding carboxylic acids is 3. The number of amides is 3. The van der Waals surface area contributed by atoms with Crippen molar-refractivity contribution in [1.29, 1.82) is 0 Å². The molecule has 3 amide bonds. The van der Waals surface area contributed by atoms with E-state index in [1.165, 1.54) is 12.2 Å². The predicted molar refractivity (Wildman–Crippen MR) is 60.0 cm³/mol. The summed E-state index contributed by atoms with van der Waals surface area (Å²) in [6, 6.07) is 0.0667. The minimum absolute atomic E-state index is 0.0667. The van der Waals surface area contributed by atoms with E-state index in [-0.39, 0.29) is 43.5 Å². The van der Waals surface area contributed by atoms with Gasteiger partial charge in [0.2, 0.25) is 5.91 Å². The summed E-state index contributed by atoms with van der Waals surface area (Å²) in [5, 5.41) is 2.66. The molecule has 0 atom stereocenters. The Bertz CT molecular complexity index is 331. The topological polar surface area (TPSA) is 75.7 Å². The van der Waals surface area contributed by atoms with Crippen molar-refractivity contribution in [1.82, 2.24) is 10.2 Å². The zero-order valence-electron chi connectivity index (χ0n) is 9.93. The molecule has 1 heterocycles. The van der Waals surface area contributed by atoms with E-state index in [1.54, 1.807) is 0 Å². The molecule has 17 heavy (non-hydrogen) atoms. The lowest BCUT2D eigenvalue weighted by molar-refractivity contribution is -0.137. The van der Waals surface area contributed by atoms with Crippen LogP contribution >= 0.6 is 0 Å². The van der Waals surface area contributed by atoms with Crippen LogP contribution in [0.4, 0.5) is 0 Å². The molecule has 0 spiro atoms. The highest BCUT2D eigenvalue weighted by atomic mass is 16.5. The molecule has 0 aromatic heterocycles. The van der Waals surface area contributed by atoms with Gasteiger partial charge in [0.15, 0.2) is 0 Å². The molecule has 94 valence electrons. The van der Waals surface area contributed by atoms with Crippen molar-refractivity contribution in [3.05, 3.63) is 12.2 Å². The van der Waals surface area contributed by atoms with E-state index in [4.69, 9.17) is 4.74 Å². The third-order valence-electron chi connectivity index (χ3n) is 2.04. The van der Waals surface area contributed by atoms with Crippen molar-refractivity contribution in [3.8, 4) is 0 Å². The van der Waals surface area contributed by atoms with Crippen LogP contribution in [-0.4, -0.2) is 48.4 Å². The zero-order chi connectivity index (χ0) is 12.8. The zero-order valence-corrected chi connectivity index (χ0v) is 9.93. The normalized spacial score (nSPS) is 14.9. The van der Waals surface area contributed by atoms with E-state index in [0.29, 0.717) is 0 Å². The summed E-state index contributed by atoms with van der Waals surface area (Å²) < 4.78 is 5.07. The van der Waals surface area contributed by atoms with Crippen LogP contribution in [0.1, 0.15) is 13.8 Å². The average Bonchev–Trinajstić information content (AvgIpc) is 2.54.